The van der Waals surface area contributed by atoms with Gasteiger partial charge in [-0.05, 0) is 47.6 Å². The van der Waals surface area contributed by atoms with E-state index in [0.29, 0.717) is 13.0 Å². The molecule has 0 saturated heterocycles. The summed E-state index contributed by atoms with van der Waals surface area (Å²) < 4.78 is 0. The molecule has 1 amide bonds. The maximum Gasteiger partial charge on any atom is 0.237 e. The summed E-state index contributed by atoms with van der Waals surface area (Å²) in [5.41, 5.74) is 3.22. The lowest BCUT2D eigenvalue weighted by Gasteiger charge is -2.10. The molecular formula is C20H19N3O. The van der Waals surface area contributed by atoms with Crippen molar-refractivity contribution in [1.29, 1.82) is 5.26 Å². The molecule has 2 N–H and O–H groups in total. The number of nitrogens with one attached hydrogen (secondary N) is 2. The largest absolute Gasteiger partial charge is 0.361 e. The minimum Gasteiger partial charge on any atom is -0.361 e. The lowest BCUT2D eigenvalue weighted by atomic mass is 9.99. The predicted molar refractivity (Wildman–Crippen MR) is 94.3 cm³/mol. The van der Waals surface area contributed by atoms with Gasteiger partial charge in [-0.1, -0.05) is 36.4 Å². The SMILES string of the molecule is N#C[C@@H](Cc1ccc2[nH]ccc2c1)C(=O)NCCc1ccccc1. The van der Waals surface area contributed by atoms with Gasteiger partial charge in [-0.25, -0.2) is 0 Å². The van der Waals surface area contributed by atoms with Crippen LogP contribution in [0.3, 0.4) is 0 Å². The van der Waals surface area contributed by atoms with Crippen LogP contribution in [0.2, 0.25) is 0 Å². The molecule has 1 aromatic heterocycles. The highest BCUT2D eigenvalue weighted by atomic mass is 16.1. The van der Waals surface area contributed by atoms with Gasteiger partial charge in [-0.3, -0.25) is 4.79 Å². The normalized spacial score (nSPS) is 11.8. The van der Waals surface area contributed by atoms with Crippen LogP contribution in [0.4, 0.5) is 0 Å². The molecular weight excluding hydrogens is 298 g/mol. The maximum absolute atomic E-state index is 12.2. The number of amides is 1. The molecule has 0 fully saturated rings. The third-order valence-corrected chi connectivity index (χ3v) is 4.09. The number of aromatic amines is 1. The Balaban J connectivity index is 1.56. The van der Waals surface area contributed by atoms with Gasteiger partial charge in [0.05, 0.1) is 6.07 Å². The molecule has 0 aliphatic heterocycles. The number of nitrogens with zero attached hydrogens (tertiary/aromatic N) is 1. The third kappa shape index (κ3) is 3.82. The summed E-state index contributed by atoms with van der Waals surface area (Å²) in [4.78, 5) is 15.4. The summed E-state index contributed by atoms with van der Waals surface area (Å²) in [5, 5.41) is 13.3. The van der Waals surface area contributed by atoms with Crippen molar-refractivity contribution in [1.82, 2.24) is 10.3 Å². The van der Waals surface area contributed by atoms with Crippen molar-refractivity contribution in [2.45, 2.75) is 12.8 Å². The van der Waals surface area contributed by atoms with Gasteiger partial charge < -0.3 is 10.3 Å². The third-order valence-electron chi connectivity index (χ3n) is 4.09. The van der Waals surface area contributed by atoms with Crippen LogP contribution in [0.15, 0.2) is 60.8 Å². The van der Waals surface area contributed by atoms with Crippen molar-refractivity contribution in [3.63, 3.8) is 0 Å². The van der Waals surface area contributed by atoms with Crippen LogP contribution in [0.1, 0.15) is 11.1 Å². The average molecular weight is 317 g/mol. The van der Waals surface area contributed by atoms with Gasteiger partial charge in [0.2, 0.25) is 5.91 Å². The number of hydrogen-bond donors (Lipinski definition) is 2. The minimum absolute atomic E-state index is 0.206. The van der Waals surface area contributed by atoms with E-state index in [1.807, 2.05) is 60.8 Å². The van der Waals surface area contributed by atoms with Gasteiger partial charge in [-0.15, -0.1) is 0 Å². The second-order valence-electron chi connectivity index (χ2n) is 5.81. The number of carbonyl (C=O) groups excluding carboxylic acids is 1. The number of nitriles is 1. The van der Waals surface area contributed by atoms with E-state index in [9.17, 15) is 10.1 Å². The van der Waals surface area contributed by atoms with Crippen LogP contribution < -0.4 is 5.32 Å². The number of rotatable bonds is 6. The summed E-state index contributed by atoms with van der Waals surface area (Å²) in [5.74, 6) is -0.875. The van der Waals surface area contributed by atoms with Crippen molar-refractivity contribution in [2.24, 2.45) is 5.92 Å². The summed E-state index contributed by atoms with van der Waals surface area (Å²) in [6, 6.07) is 20.0. The van der Waals surface area contributed by atoms with Crippen molar-refractivity contribution in [3.05, 3.63) is 71.9 Å². The molecule has 0 radical (unpaired) electrons. The van der Waals surface area contributed by atoms with E-state index in [1.54, 1.807) is 0 Å². The lowest BCUT2D eigenvalue weighted by molar-refractivity contribution is -0.123. The number of benzene rings is 2. The molecule has 0 saturated carbocycles. The first-order valence-corrected chi connectivity index (χ1v) is 8.03. The van der Waals surface area contributed by atoms with Crippen molar-refractivity contribution < 1.29 is 4.79 Å². The van der Waals surface area contributed by atoms with Gasteiger partial charge in [0.1, 0.15) is 5.92 Å². The average Bonchev–Trinajstić information content (AvgIpc) is 3.08. The monoisotopic (exact) mass is 317 g/mol. The van der Waals surface area contributed by atoms with Gasteiger partial charge >= 0.3 is 0 Å². The fourth-order valence-electron chi connectivity index (χ4n) is 2.76. The van der Waals surface area contributed by atoms with Gasteiger partial charge in [-0.2, -0.15) is 5.26 Å². The van der Waals surface area contributed by atoms with Gasteiger partial charge in [0.25, 0.3) is 0 Å². The highest BCUT2D eigenvalue weighted by Crippen LogP contribution is 2.17. The first-order chi connectivity index (χ1) is 11.8. The van der Waals surface area contributed by atoms with Crippen molar-refractivity contribution >= 4 is 16.8 Å². The molecule has 120 valence electrons. The lowest BCUT2D eigenvalue weighted by Crippen LogP contribution is -2.32. The molecule has 0 aliphatic rings. The van der Waals surface area contributed by atoms with Crippen LogP contribution in [-0.2, 0) is 17.6 Å². The van der Waals surface area contributed by atoms with Gasteiger partial charge in [0.15, 0.2) is 0 Å². The molecule has 2 aromatic carbocycles. The molecule has 0 unspecified atom stereocenters. The highest BCUT2D eigenvalue weighted by molar-refractivity contribution is 5.82. The Morgan fingerprint density at radius 1 is 1.12 bits per heavy atom. The Morgan fingerprint density at radius 2 is 1.96 bits per heavy atom. The summed E-state index contributed by atoms with van der Waals surface area (Å²) in [6.45, 7) is 0.540. The summed E-state index contributed by atoms with van der Waals surface area (Å²) in [6.07, 6.45) is 3.07. The zero-order valence-electron chi connectivity index (χ0n) is 13.3. The minimum atomic E-state index is -0.669. The summed E-state index contributed by atoms with van der Waals surface area (Å²) in [7, 11) is 0. The van der Waals surface area contributed by atoms with Crippen molar-refractivity contribution in [3.8, 4) is 6.07 Å². The highest BCUT2D eigenvalue weighted by Gasteiger charge is 2.18. The second kappa shape index (κ2) is 7.47. The first kappa shape index (κ1) is 15.8. The first-order valence-electron chi connectivity index (χ1n) is 8.03. The van der Waals surface area contributed by atoms with Crippen LogP contribution in [-0.4, -0.2) is 17.4 Å². The Morgan fingerprint density at radius 3 is 2.75 bits per heavy atom. The Kier molecular flexibility index (Phi) is 4.93. The Hall–Kier alpha value is -3.06. The zero-order valence-corrected chi connectivity index (χ0v) is 13.3. The molecule has 0 aliphatic carbocycles. The second-order valence-corrected chi connectivity index (χ2v) is 5.81. The molecule has 24 heavy (non-hydrogen) atoms. The smallest absolute Gasteiger partial charge is 0.237 e. The molecule has 0 bridgehead atoms. The Labute approximate surface area is 141 Å². The van der Waals surface area contributed by atoms with E-state index >= 15 is 0 Å². The Bertz CT molecular complexity index is 861. The van der Waals surface area contributed by atoms with E-state index in [2.05, 4.69) is 16.4 Å². The number of carbonyl (C=O) groups is 1. The van der Waals surface area contributed by atoms with Crippen molar-refractivity contribution in [2.75, 3.05) is 6.54 Å². The molecule has 3 rings (SSSR count). The fourth-order valence-corrected chi connectivity index (χ4v) is 2.76. The molecule has 1 heterocycles. The van der Waals surface area contributed by atoms with Crippen LogP contribution in [0.25, 0.3) is 10.9 Å². The van der Waals surface area contributed by atoms with E-state index in [1.165, 1.54) is 5.56 Å². The van der Waals surface area contributed by atoms with E-state index in [4.69, 9.17) is 0 Å². The number of H-pyrrole nitrogens is 1. The zero-order chi connectivity index (χ0) is 16.8. The van der Waals surface area contributed by atoms with E-state index < -0.39 is 5.92 Å². The predicted octanol–water partition coefficient (Wildman–Crippen LogP) is 3.21. The molecule has 4 nitrogen and oxygen atoms in total. The van der Waals surface area contributed by atoms with E-state index in [-0.39, 0.29) is 5.91 Å². The number of fused-ring (bicyclic) bond motifs is 1. The van der Waals surface area contributed by atoms with Crippen LogP contribution in [0.5, 0.6) is 0 Å². The quantitative estimate of drug-likeness (QED) is 0.733. The fraction of sp³-hybridized carbons (Fsp3) is 0.200. The number of hydrogen-bond acceptors (Lipinski definition) is 2. The number of aromatic nitrogens is 1. The topological polar surface area (TPSA) is 68.7 Å². The van der Waals surface area contributed by atoms with Crippen LogP contribution >= 0.6 is 0 Å². The van der Waals surface area contributed by atoms with Gasteiger partial charge in [0, 0.05) is 18.3 Å². The van der Waals surface area contributed by atoms with Crippen LogP contribution in [0, 0.1) is 17.2 Å². The standard InChI is InChI=1S/C20H19N3O/c21-14-18(13-16-6-7-19-17(12-16)9-11-22-19)20(24)23-10-8-15-4-2-1-3-5-15/h1-7,9,11-12,18,22H,8,10,13H2,(H,23,24)/t18-/m1/s1. The molecule has 3 aromatic rings. The van der Waals surface area contributed by atoms with E-state index in [0.717, 1.165) is 22.9 Å². The molecule has 0 spiro atoms. The summed E-state index contributed by atoms with van der Waals surface area (Å²) >= 11 is 0. The molecule has 1 atom stereocenters. The maximum atomic E-state index is 12.2. The molecule has 4 heteroatoms.